The van der Waals surface area contributed by atoms with Gasteiger partial charge in [-0.1, -0.05) is 36.4 Å². The molecule has 6 heteroatoms. The van der Waals surface area contributed by atoms with E-state index in [1.807, 2.05) is 38.1 Å². The summed E-state index contributed by atoms with van der Waals surface area (Å²) in [6.45, 7) is 4.71. The van der Waals surface area contributed by atoms with E-state index in [1.165, 1.54) is 12.1 Å². The van der Waals surface area contributed by atoms with Crippen molar-refractivity contribution in [1.82, 2.24) is 5.32 Å². The minimum Gasteiger partial charge on any atom is -0.374 e. The second-order valence-electron chi connectivity index (χ2n) is 6.28. The monoisotopic (exact) mass is 365 g/mol. The van der Waals surface area contributed by atoms with Crippen molar-refractivity contribution >= 4 is 5.91 Å². The van der Waals surface area contributed by atoms with Gasteiger partial charge in [0, 0.05) is 6.54 Å². The van der Waals surface area contributed by atoms with Crippen LogP contribution in [0.1, 0.15) is 36.1 Å². The van der Waals surface area contributed by atoms with E-state index in [2.05, 4.69) is 5.32 Å². The lowest BCUT2D eigenvalue weighted by atomic mass is 10.1. The van der Waals surface area contributed by atoms with Crippen LogP contribution < -0.4 is 5.32 Å². The van der Waals surface area contributed by atoms with Gasteiger partial charge in [0.05, 0.1) is 24.7 Å². The summed E-state index contributed by atoms with van der Waals surface area (Å²) in [5.41, 5.74) is 1.76. The van der Waals surface area contributed by atoms with E-state index in [0.717, 1.165) is 23.3 Å². The van der Waals surface area contributed by atoms with Crippen LogP contribution in [0.2, 0.25) is 0 Å². The predicted octanol–water partition coefficient (Wildman–Crippen LogP) is 4.49. The van der Waals surface area contributed by atoms with Gasteiger partial charge in [-0.05, 0) is 42.7 Å². The quantitative estimate of drug-likeness (QED) is 0.785. The summed E-state index contributed by atoms with van der Waals surface area (Å²) in [5, 5.41) is 2.80. The van der Waals surface area contributed by atoms with Crippen LogP contribution in [0.3, 0.4) is 0 Å². The van der Waals surface area contributed by atoms with Crippen LogP contribution in [0.5, 0.6) is 0 Å². The lowest BCUT2D eigenvalue weighted by Crippen LogP contribution is -2.25. The van der Waals surface area contributed by atoms with Gasteiger partial charge < -0.3 is 10.1 Å². The van der Waals surface area contributed by atoms with Crippen LogP contribution in [0, 0.1) is 0 Å². The minimum atomic E-state index is -4.37. The van der Waals surface area contributed by atoms with E-state index in [-0.39, 0.29) is 18.4 Å². The maximum Gasteiger partial charge on any atom is 0.416 e. The molecule has 0 heterocycles. The fraction of sp³-hybridized carbons (Fsp3) is 0.350. The van der Waals surface area contributed by atoms with Crippen molar-refractivity contribution < 1.29 is 22.7 Å². The molecule has 0 saturated carbocycles. The molecular weight excluding hydrogens is 343 g/mol. The van der Waals surface area contributed by atoms with Gasteiger partial charge in [-0.25, -0.2) is 0 Å². The first kappa shape index (κ1) is 20.0. The third-order valence-electron chi connectivity index (χ3n) is 3.81. The molecule has 26 heavy (non-hydrogen) atoms. The Balaban J connectivity index is 1.91. The lowest BCUT2D eigenvalue weighted by molar-refractivity contribution is -0.137. The van der Waals surface area contributed by atoms with E-state index in [9.17, 15) is 18.0 Å². The van der Waals surface area contributed by atoms with E-state index in [1.54, 1.807) is 0 Å². The molecule has 0 unspecified atom stereocenters. The Kier molecular flexibility index (Phi) is 6.80. The largest absolute Gasteiger partial charge is 0.416 e. The summed E-state index contributed by atoms with van der Waals surface area (Å²) in [4.78, 5) is 12.1. The standard InChI is InChI=1S/C20H22F3NO2/c1-14(2)26-13-17-6-4-3-5-16(17)12-24-19(25)11-15-7-9-18(10-8-15)20(21,22)23/h3-10,14H,11-13H2,1-2H3,(H,24,25). The van der Waals surface area contributed by atoms with Crippen LogP contribution in [0.4, 0.5) is 13.2 Å². The van der Waals surface area contributed by atoms with Gasteiger partial charge in [-0.15, -0.1) is 0 Å². The van der Waals surface area contributed by atoms with Crippen LogP contribution in [0.25, 0.3) is 0 Å². The van der Waals surface area contributed by atoms with Gasteiger partial charge in [-0.3, -0.25) is 4.79 Å². The zero-order valence-corrected chi connectivity index (χ0v) is 14.8. The smallest absolute Gasteiger partial charge is 0.374 e. The van der Waals surface area contributed by atoms with Crippen molar-refractivity contribution in [3.8, 4) is 0 Å². The topological polar surface area (TPSA) is 38.3 Å². The van der Waals surface area contributed by atoms with E-state index < -0.39 is 11.7 Å². The highest BCUT2D eigenvalue weighted by Crippen LogP contribution is 2.29. The molecule has 140 valence electrons. The number of amides is 1. The maximum atomic E-state index is 12.6. The molecule has 1 N–H and O–H groups in total. The second kappa shape index (κ2) is 8.85. The number of alkyl halides is 3. The summed E-state index contributed by atoms with van der Waals surface area (Å²) >= 11 is 0. The number of hydrogen-bond donors (Lipinski definition) is 1. The fourth-order valence-corrected chi connectivity index (χ4v) is 2.38. The number of halogens is 3. The van der Waals surface area contributed by atoms with Crippen LogP contribution >= 0.6 is 0 Å². The number of rotatable bonds is 7. The zero-order chi connectivity index (χ0) is 19.2. The molecule has 2 aromatic carbocycles. The molecule has 2 aromatic rings. The molecule has 0 aromatic heterocycles. The van der Waals surface area contributed by atoms with Crippen molar-refractivity contribution in [2.24, 2.45) is 0 Å². The van der Waals surface area contributed by atoms with Crippen LogP contribution in [-0.2, 0) is 35.3 Å². The maximum absolute atomic E-state index is 12.6. The van der Waals surface area contributed by atoms with Crippen molar-refractivity contribution in [1.29, 1.82) is 0 Å². The Morgan fingerprint density at radius 2 is 1.65 bits per heavy atom. The summed E-state index contributed by atoms with van der Waals surface area (Å²) < 4.78 is 43.3. The Labute approximate surface area is 151 Å². The van der Waals surface area contributed by atoms with E-state index >= 15 is 0 Å². The van der Waals surface area contributed by atoms with Gasteiger partial charge in [0.1, 0.15) is 0 Å². The van der Waals surface area contributed by atoms with Crippen molar-refractivity contribution in [2.75, 3.05) is 0 Å². The molecule has 0 atom stereocenters. The van der Waals surface area contributed by atoms with Crippen LogP contribution in [0.15, 0.2) is 48.5 Å². The Hall–Kier alpha value is -2.34. The first-order chi connectivity index (χ1) is 12.3. The first-order valence-corrected chi connectivity index (χ1v) is 8.37. The highest BCUT2D eigenvalue weighted by Gasteiger charge is 2.29. The zero-order valence-electron chi connectivity index (χ0n) is 14.8. The number of benzene rings is 2. The molecule has 0 radical (unpaired) electrons. The highest BCUT2D eigenvalue weighted by atomic mass is 19.4. The SMILES string of the molecule is CC(C)OCc1ccccc1CNC(=O)Cc1ccc(C(F)(F)F)cc1. The Bertz CT molecular complexity index is 725. The third-order valence-corrected chi connectivity index (χ3v) is 3.81. The Morgan fingerprint density at radius 1 is 1.04 bits per heavy atom. The fourth-order valence-electron chi connectivity index (χ4n) is 2.38. The number of nitrogens with one attached hydrogen (secondary N) is 1. The van der Waals surface area contributed by atoms with Gasteiger partial charge in [0.15, 0.2) is 0 Å². The van der Waals surface area contributed by atoms with Gasteiger partial charge in [0.2, 0.25) is 5.91 Å². The van der Waals surface area contributed by atoms with Gasteiger partial charge in [-0.2, -0.15) is 13.2 Å². The molecule has 0 aliphatic heterocycles. The Morgan fingerprint density at radius 3 is 2.23 bits per heavy atom. The van der Waals surface area contributed by atoms with Crippen LogP contribution in [-0.4, -0.2) is 12.0 Å². The lowest BCUT2D eigenvalue weighted by Gasteiger charge is -2.13. The van der Waals surface area contributed by atoms with Gasteiger partial charge >= 0.3 is 6.18 Å². The van der Waals surface area contributed by atoms with E-state index in [0.29, 0.717) is 18.7 Å². The van der Waals surface area contributed by atoms with Crippen molar-refractivity contribution in [3.05, 3.63) is 70.8 Å². The average Bonchev–Trinajstić information content (AvgIpc) is 2.58. The molecule has 2 rings (SSSR count). The van der Waals surface area contributed by atoms with Crippen molar-refractivity contribution in [2.45, 2.75) is 45.7 Å². The number of hydrogen-bond acceptors (Lipinski definition) is 2. The molecule has 1 amide bonds. The molecule has 0 fully saturated rings. The number of carbonyl (C=O) groups excluding carboxylic acids is 1. The average molecular weight is 365 g/mol. The molecule has 3 nitrogen and oxygen atoms in total. The summed E-state index contributed by atoms with van der Waals surface area (Å²) in [7, 11) is 0. The van der Waals surface area contributed by atoms with Gasteiger partial charge in [0.25, 0.3) is 0 Å². The molecular formula is C20H22F3NO2. The first-order valence-electron chi connectivity index (χ1n) is 8.37. The van der Waals surface area contributed by atoms with Crippen molar-refractivity contribution in [3.63, 3.8) is 0 Å². The van der Waals surface area contributed by atoms with E-state index in [4.69, 9.17) is 4.74 Å². The normalized spacial score (nSPS) is 11.6. The summed E-state index contributed by atoms with van der Waals surface area (Å²) in [5.74, 6) is -0.246. The molecule has 0 aliphatic carbocycles. The third kappa shape index (κ3) is 6.19. The molecule has 0 saturated heterocycles. The highest BCUT2D eigenvalue weighted by molar-refractivity contribution is 5.78. The predicted molar refractivity (Wildman–Crippen MR) is 93.4 cm³/mol. The second-order valence-corrected chi connectivity index (χ2v) is 6.28. The number of carbonyl (C=O) groups is 1. The molecule has 0 spiro atoms. The number of ether oxygens (including phenoxy) is 1. The summed E-state index contributed by atoms with van der Waals surface area (Å²) in [6.07, 6.45) is -4.23. The minimum absolute atomic E-state index is 0.0306. The summed E-state index contributed by atoms with van der Waals surface area (Å²) in [6, 6.07) is 12.3. The molecule has 0 bridgehead atoms. The molecule has 0 aliphatic rings.